The first-order chi connectivity index (χ1) is 8.51. The van der Waals surface area contributed by atoms with E-state index >= 15 is 0 Å². The van der Waals surface area contributed by atoms with Gasteiger partial charge in [-0.3, -0.25) is 9.59 Å². The second-order valence-corrected chi connectivity index (χ2v) is 4.65. The fourth-order valence-electron chi connectivity index (χ4n) is 1.74. The topological polar surface area (TPSA) is 92.4 Å². The van der Waals surface area contributed by atoms with Crippen LogP contribution in [-0.4, -0.2) is 29.1 Å². The molecule has 1 unspecified atom stereocenters. The van der Waals surface area contributed by atoms with Gasteiger partial charge in [0, 0.05) is 12.5 Å². The van der Waals surface area contributed by atoms with Crippen LogP contribution in [0.2, 0.25) is 0 Å². The molecule has 0 bridgehead atoms. The summed E-state index contributed by atoms with van der Waals surface area (Å²) in [5, 5.41) is 11.4. The smallest absolute Gasteiger partial charge is 0.303 e. The number of nitrogens with one attached hydrogen (secondary N) is 1. The molecular weight excluding hydrogens is 232 g/mol. The number of carbonyl (C=O) groups excluding carboxylic acids is 1. The van der Waals surface area contributed by atoms with Crippen molar-refractivity contribution in [3.63, 3.8) is 0 Å². The van der Waals surface area contributed by atoms with E-state index in [1.165, 1.54) is 0 Å². The molecule has 2 atom stereocenters. The molecule has 0 aromatic rings. The molecule has 4 N–H and O–H groups in total. The van der Waals surface area contributed by atoms with Crippen LogP contribution in [0.15, 0.2) is 0 Å². The van der Waals surface area contributed by atoms with E-state index < -0.39 is 12.0 Å². The van der Waals surface area contributed by atoms with Crippen molar-refractivity contribution >= 4 is 11.9 Å². The highest BCUT2D eigenvalue weighted by atomic mass is 16.4. The molecule has 0 aromatic heterocycles. The normalized spacial score (nSPS) is 13.9. The molecule has 18 heavy (non-hydrogen) atoms. The third kappa shape index (κ3) is 8.06. The maximum Gasteiger partial charge on any atom is 0.303 e. The quantitative estimate of drug-likeness (QED) is 0.519. The lowest BCUT2D eigenvalue weighted by atomic mass is 10.0. The van der Waals surface area contributed by atoms with Gasteiger partial charge >= 0.3 is 5.97 Å². The Bertz CT molecular complexity index is 257. The molecular formula is C13H26N2O3. The van der Waals surface area contributed by atoms with E-state index in [9.17, 15) is 9.59 Å². The van der Waals surface area contributed by atoms with E-state index in [1.54, 1.807) is 0 Å². The van der Waals surface area contributed by atoms with Crippen LogP contribution in [0.1, 0.15) is 58.8 Å². The summed E-state index contributed by atoms with van der Waals surface area (Å²) in [4.78, 5) is 22.1. The summed E-state index contributed by atoms with van der Waals surface area (Å²) in [6, 6.07) is -0.568. The van der Waals surface area contributed by atoms with Crippen molar-refractivity contribution in [3.8, 4) is 0 Å². The number of aliphatic carboxylic acids is 1. The summed E-state index contributed by atoms with van der Waals surface area (Å²) in [6.45, 7) is 4.17. The van der Waals surface area contributed by atoms with Gasteiger partial charge < -0.3 is 16.2 Å². The first kappa shape index (κ1) is 16.9. The van der Waals surface area contributed by atoms with E-state index in [0.29, 0.717) is 0 Å². The molecule has 0 heterocycles. The van der Waals surface area contributed by atoms with Gasteiger partial charge in [0.05, 0.1) is 6.04 Å². The standard InChI is InChI=1S/C13H26N2O3/c1-3-5-6-7-10(4-2)15-13(18)11(14)8-9-12(16)17/h10-11H,3-9,14H2,1-2H3,(H,15,18)(H,16,17)/t10?,11-/m0/s1. The van der Waals surface area contributed by atoms with E-state index in [1.807, 2.05) is 6.92 Å². The summed E-state index contributed by atoms with van der Waals surface area (Å²) in [5.41, 5.74) is 5.65. The SMILES string of the molecule is CCCCCC(CC)NC(=O)[C@@H](N)CCC(=O)O. The lowest BCUT2D eigenvalue weighted by Crippen LogP contribution is -2.45. The van der Waals surface area contributed by atoms with Gasteiger partial charge in [0.25, 0.3) is 0 Å². The number of hydrogen-bond acceptors (Lipinski definition) is 3. The van der Waals surface area contributed by atoms with Crippen molar-refractivity contribution in [3.05, 3.63) is 0 Å². The molecule has 0 saturated heterocycles. The first-order valence-corrected chi connectivity index (χ1v) is 6.79. The summed E-state index contributed by atoms with van der Waals surface area (Å²) in [5.74, 6) is -1.16. The number of nitrogens with two attached hydrogens (primary N) is 1. The zero-order valence-electron chi connectivity index (χ0n) is 11.4. The van der Waals surface area contributed by atoms with E-state index in [4.69, 9.17) is 10.8 Å². The molecule has 0 aliphatic carbocycles. The molecule has 106 valence electrons. The third-order valence-electron chi connectivity index (χ3n) is 3.00. The highest BCUT2D eigenvalue weighted by Crippen LogP contribution is 2.07. The number of carbonyl (C=O) groups is 2. The molecule has 0 aromatic carbocycles. The van der Waals surface area contributed by atoms with Crippen LogP contribution in [0, 0.1) is 0 Å². The Labute approximate surface area is 109 Å². The Kier molecular flexibility index (Phi) is 9.28. The minimum Gasteiger partial charge on any atom is -0.481 e. The molecule has 0 spiro atoms. The Morgan fingerprint density at radius 3 is 2.39 bits per heavy atom. The first-order valence-electron chi connectivity index (χ1n) is 6.79. The second kappa shape index (κ2) is 9.88. The average molecular weight is 258 g/mol. The van der Waals surface area contributed by atoms with Crippen molar-refractivity contribution < 1.29 is 14.7 Å². The van der Waals surface area contributed by atoms with Gasteiger partial charge in [0.15, 0.2) is 0 Å². The molecule has 0 aliphatic heterocycles. The van der Waals surface area contributed by atoms with Crippen molar-refractivity contribution in [1.82, 2.24) is 5.32 Å². The predicted octanol–water partition coefficient (Wildman–Crippen LogP) is 1.65. The average Bonchev–Trinajstić information content (AvgIpc) is 2.34. The minimum absolute atomic E-state index is 0.0682. The van der Waals surface area contributed by atoms with Crippen molar-refractivity contribution in [2.24, 2.45) is 5.73 Å². The summed E-state index contributed by atoms with van der Waals surface area (Å²) < 4.78 is 0. The van der Waals surface area contributed by atoms with E-state index in [2.05, 4.69) is 12.2 Å². The molecule has 0 radical (unpaired) electrons. The van der Waals surface area contributed by atoms with Crippen LogP contribution in [0.25, 0.3) is 0 Å². The summed E-state index contributed by atoms with van der Waals surface area (Å²) >= 11 is 0. The highest BCUT2D eigenvalue weighted by Gasteiger charge is 2.17. The Morgan fingerprint density at radius 1 is 1.22 bits per heavy atom. The number of carboxylic acids is 1. The number of hydrogen-bond donors (Lipinski definition) is 3. The van der Waals surface area contributed by atoms with Gasteiger partial charge in [-0.1, -0.05) is 33.1 Å². The van der Waals surface area contributed by atoms with Gasteiger partial charge in [-0.05, 0) is 19.3 Å². The predicted molar refractivity (Wildman–Crippen MR) is 71.2 cm³/mol. The van der Waals surface area contributed by atoms with Crippen LogP contribution in [0.3, 0.4) is 0 Å². The summed E-state index contributed by atoms with van der Waals surface area (Å²) in [7, 11) is 0. The fourth-order valence-corrected chi connectivity index (χ4v) is 1.74. The maximum atomic E-state index is 11.7. The molecule has 1 amide bonds. The fraction of sp³-hybridized carbons (Fsp3) is 0.846. The maximum absolute atomic E-state index is 11.7. The van der Waals surface area contributed by atoms with Gasteiger partial charge in [-0.15, -0.1) is 0 Å². The van der Waals surface area contributed by atoms with Crippen molar-refractivity contribution in [2.75, 3.05) is 0 Å². The number of rotatable bonds is 10. The van der Waals surface area contributed by atoms with Crippen molar-refractivity contribution in [2.45, 2.75) is 70.9 Å². The van der Waals surface area contributed by atoms with Gasteiger partial charge in [-0.2, -0.15) is 0 Å². The van der Waals surface area contributed by atoms with Gasteiger partial charge in [0.2, 0.25) is 5.91 Å². The zero-order valence-corrected chi connectivity index (χ0v) is 11.4. The lowest BCUT2D eigenvalue weighted by Gasteiger charge is -2.19. The molecule has 0 fully saturated rings. The van der Waals surface area contributed by atoms with E-state index in [0.717, 1.165) is 32.1 Å². The highest BCUT2D eigenvalue weighted by molar-refractivity contribution is 5.82. The Balaban J connectivity index is 3.96. The minimum atomic E-state index is -0.923. The van der Waals surface area contributed by atoms with Crippen LogP contribution in [0.5, 0.6) is 0 Å². The molecule has 5 heteroatoms. The summed E-state index contributed by atoms with van der Waals surface area (Å²) in [6.07, 6.45) is 5.37. The van der Waals surface area contributed by atoms with E-state index in [-0.39, 0.29) is 24.8 Å². The Morgan fingerprint density at radius 2 is 1.89 bits per heavy atom. The molecule has 0 aliphatic rings. The molecule has 0 rings (SSSR count). The lowest BCUT2D eigenvalue weighted by molar-refractivity contribution is -0.137. The molecule has 0 saturated carbocycles. The molecule has 5 nitrogen and oxygen atoms in total. The van der Waals surface area contributed by atoms with Crippen molar-refractivity contribution in [1.29, 1.82) is 0 Å². The zero-order chi connectivity index (χ0) is 14.0. The van der Waals surface area contributed by atoms with Gasteiger partial charge in [0.1, 0.15) is 0 Å². The number of unbranched alkanes of at least 4 members (excludes halogenated alkanes) is 2. The monoisotopic (exact) mass is 258 g/mol. The Hall–Kier alpha value is -1.10. The van der Waals surface area contributed by atoms with Crippen LogP contribution in [0.4, 0.5) is 0 Å². The van der Waals surface area contributed by atoms with Crippen LogP contribution in [-0.2, 0) is 9.59 Å². The second-order valence-electron chi connectivity index (χ2n) is 4.65. The number of amides is 1. The van der Waals surface area contributed by atoms with Gasteiger partial charge in [-0.25, -0.2) is 0 Å². The largest absolute Gasteiger partial charge is 0.481 e. The number of carboxylic acid groups (broad SMARTS) is 1. The van der Waals surface area contributed by atoms with Crippen LogP contribution >= 0.6 is 0 Å². The third-order valence-corrected chi connectivity index (χ3v) is 3.00. The van der Waals surface area contributed by atoms with Crippen LogP contribution < -0.4 is 11.1 Å².